The van der Waals surface area contributed by atoms with E-state index in [1.807, 2.05) is 15.7 Å². The monoisotopic (exact) mass is 279 g/mol. The first-order valence-corrected chi connectivity index (χ1v) is 7.77. The highest BCUT2D eigenvalue weighted by Crippen LogP contribution is 2.18. The Morgan fingerprint density at radius 1 is 1.25 bits per heavy atom. The van der Waals surface area contributed by atoms with Crippen molar-refractivity contribution < 1.29 is 4.79 Å². The summed E-state index contributed by atoms with van der Waals surface area (Å²) >= 11 is 0. The predicted molar refractivity (Wildman–Crippen MR) is 84.9 cm³/mol. The Morgan fingerprint density at radius 3 is 2.25 bits per heavy atom. The lowest BCUT2D eigenvalue weighted by Gasteiger charge is -2.24. The van der Waals surface area contributed by atoms with Gasteiger partial charge in [-0.1, -0.05) is 26.7 Å². The lowest BCUT2D eigenvalue weighted by Crippen LogP contribution is -2.34. The molecule has 0 saturated carbocycles. The molecular formula is C16H29N3O. The molecular weight excluding hydrogens is 250 g/mol. The van der Waals surface area contributed by atoms with Gasteiger partial charge in [0.1, 0.15) is 5.69 Å². The van der Waals surface area contributed by atoms with Crippen LogP contribution in [0, 0.1) is 0 Å². The zero-order valence-electron chi connectivity index (χ0n) is 13.4. The molecule has 0 atom stereocenters. The lowest BCUT2D eigenvalue weighted by molar-refractivity contribution is 0.0738. The molecule has 0 aromatic carbocycles. The number of carbonyl (C=O) groups excluding carboxylic acids is 1. The van der Waals surface area contributed by atoms with Crippen LogP contribution < -0.4 is 5.73 Å². The maximum Gasteiger partial charge on any atom is 0.270 e. The molecule has 4 heteroatoms. The van der Waals surface area contributed by atoms with Gasteiger partial charge in [-0.25, -0.2) is 0 Å². The minimum Gasteiger partial charge on any atom is -0.397 e. The molecule has 0 aliphatic heterocycles. The molecule has 1 aromatic rings. The van der Waals surface area contributed by atoms with E-state index in [1.165, 1.54) is 0 Å². The molecule has 114 valence electrons. The van der Waals surface area contributed by atoms with Crippen LogP contribution >= 0.6 is 0 Å². The molecule has 0 radical (unpaired) electrons. The van der Waals surface area contributed by atoms with E-state index in [0.29, 0.717) is 11.4 Å². The average molecular weight is 279 g/mol. The number of nitrogens with two attached hydrogens (primary N) is 1. The SMILES string of the molecule is CCCCN(CCCC)C(=O)c1cc(N)cn1C(C)C. The van der Waals surface area contributed by atoms with Crippen molar-refractivity contribution in [3.8, 4) is 0 Å². The Balaban J connectivity index is 2.92. The van der Waals surface area contributed by atoms with E-state index in [9.17, 15) is 4.79 Å². The minimum absolute atomic E-state index is 0.109. The summed E-state index contributed by atoms with van der Waals surface area (Å²) in [4.78, 5) is 14.7. The number of unbranched alkanes of at least 4 members (excludes halogenated alkanes) is 2. The van der Waals surface area contributed by atoms with Crippen LogP contribution in [0.3, 0.4) is 0 Å². The molecule has 0 unspecified atom stereocenters. The largest absolute Gasteiger partial charge is 0.397 e. The van der Waals surface area contributed by atoms with Gasteiger partial charge < -0.3 is 15.2 Å². The van der Waals surface area contributed by atoms with Gasteiger partial charge in [-0.3, -0.25) is 4.79 Å². The van der Waals surface area contributed by atoms with E-state index in [2.05, 4.69) is 27.7 Å². The Bertz CT molecular complexity index is 415. The smallest absolute Gasteiger partial charge is 0.270 e. The highest BCUT2D eigenvalue weighted by atomic mass is 16.2. The summed E-state index contributed by atoms with van der Waals surface area (Å²) in [5.41, 5.74) is 7.24. The van der Waals surface area contributed by atoms with Crippen molar-refractivity contribution in [2.75, 3.05) is 18.8 Å². The van der Waals surface area contributed by atoms with Gasteiger partial charge in [0.2, 0.25) is 0 Å². The molecule has 20 heavy (non-hydrogen) atoms. The van der Waals surface area contributed by atoms with E-state index in [1.54, 1.807) is 6.07 Å². The van der Waals surface area contributed by atoms with Gasteiger partial charge in [-0.05, 0) is 32.8 Å². The van der Waals surface area contributed by atoms with Crippen molar-refractivity contribution >= 4 is 11.6 Å². The molecule has 0 aliphatic carbocycles. The van der Waals surface area contributed by atoms with E-state index in [-0.39, 0.29) is 11.9 Å². The number of amides is 1. The second-order valence-electron chi connectivity index (χ2n) is 5.66. The maximum absolute atomic E-state index is 12.7. The molecule has 0 spiro atoms. The van der Waals surface area contributed by atoms with Gasteiger partial charge in [-0.15, -0.1) is 0 Å². The second-order valence-corrected chi connectivity index (χ2v) is 5.66. The number of hydrogen-bond acceptors (Lipinski definition) is 2. The number of nitrogen functional groups attached to an aromatic ring is 1. The lowest BCUT2D eigenvalue weighted by atomic mass is 10.2. The van der Waals surface area contributed by atoms with Crippen molar-refractivity contribution in [1.82, 2.24) is 9.47 Å². The predicted octanol–water partition coefficient (Wildman–Crippen LogP) is 3.69. The van der Waals surface area contributed by atoms with Crippen molar-refractivity contribution in [3.05, 3.63) is 18.0 Å². The molecule has 2 N–H and O–H groups in total. The van der Waals surface area contributed by atoms with Gasteiger partial charge in [0.25, 0.3) is 5.91 Å². The summed E-state index contributed by atoms with van der Waals surface area (Å²) in [6.45, 7) is 10.1. The number of hydrogen-bond donors (Lipinski definition) is 1. The van der Waals surface area contributed by atoms with Crippen LogP contribution in [0.1, 0.15) is 69.9 Å². The molecule has 0 aliphatic rings. The topological polar surface area (TPSA) is 51.3 Å². The standard InChI is InChI=1S/C16H29N3O/c1-5-7-9-18(10-8-6-2)16(20)15-11-14(17)12-19(15)13(3)4/h11-13H,5-10,17H2,1-4H3. The van der Waals surface area contributed by atoms with Gasteiger partial charge in [-0.2, -0.15) is 0 Å². The molecule has 1 heterocycles. The van der Waals surface area contributed by atoms with Gasteiger partial charge in [0.15, 0.2) is 0 Å². The summed E-state index contributed by atoms with van der Waals surface area (Å²) in [5, 5.41) is 0. The molecule has 1 aromatic heterocycles. The molecule has 1 rings (SSSR count). The van der Waals surface area contributed by atoms with E-state index < -0.39 is 0 Å². The normalized spacial score (nSPS) is 11.1. The Labute approximate surface area is 122 Å². The van der Waals surface area contributed by atoms with Crippen LogP contribution in [-0.2, 0) is 0 Å². The summed E-state index contributed by atoms with van der Waals surface area (Å²) in [5.74, 6) is 0.109. The first-order valence-electron chi connectivity index (χ1n) is 7.77. The fourth-order valence-electron chi connectivity index (χ4n) is 2.27. The van der Waals surface area contributed by atoms with E-state index >= 15 is 0 Å². The van der Waals surface area contributed by atoms with Crippen molar-refractivity contribution in [3.63, 3.8) is 0 Å². The molecule has 4 nitrogen and oxygen atoms in total. The van der Waals surface area contributed by atoms with Gasteiger partial charge in [0, 0.05) is 25.3 Å². The van der Waals surface area contributed by atoms with Crippen LogP contribution in [0.25, 0.3) is 0 Å². The Morgan fingerprint density at radius 2 is 1.80 bits per heavy atom. The number of anilines is 1. The highest BCUT2D eigenvalue weighted by Gasteiger charge is 2.20. The fraction of sp³-hybridized carbons (Fsp3) is 0.688. The number of aromatic nitrogens is 1. The fourth-order valence-corrected chi connectivity index (χ4v) is 2.27. The summed E-state index contributed by atoms with van der Waals surface area (Å²) in [7, 11) is 0. The zero-order chi connectivity index (χ0) is 15.1. The van der Waals surface area contributed by atoms with Crippen LogP contribution in [-0.4, -0.2) is 28.5 Å². The van der Waals surface area contributed by atoms with Crippen molar-refractivity contribution in [2.45, 2.75) is 59.4 Å². The first kappa shape index (κ1) is 16.6. The summed E-state index contributed by atoms with van der Waals surface area (Å²) < 4.78 is 1.97. The second kappa shape index (κ2) is 7.98. The summed E-state index contributed by atoms with van der Waals surface area (Å²) in [6, 6.07) is 2.04. The molecule has 1 amide bonds. The van der Waals surface area contributed by atoms with Crippen molar-refractivity contribution in [2.24, 2.45) is 0 Å². The minimum atomic E-state index is 0.109. The Hall–Kier alpha value is -1.45. The molecule has 0 saturated heterocycles. The first-order chi connectivity index (χ1) is 9.51. The van der Waals surface area contributed by atoms with E-state index in [0.717, 1.165) is 38.8 Å². The number of carbonyl (C=O) groups is 1. The maximum atomic E-state index is 12.7. The van der Waals surface area contributed by atoms with Gasteiger partial charge >= 0.3 is 0 Å². The third-order valence-corrected chi connectivity index (χ3v) is 3.50. The molecule has 0 bridgehead atoms. The third-order valence-electron chi connectivity index (χ3n) is 3.50. The van der Waals surface area contributed by atoms with Crippen LogP contribution in [0.2, 0.25) is 0 Å². The molecule has 0 fully saturated rings. The Kier molecular flexibility index (Phi) is 6.62. The highest BCUT2D eigenvalue weighted by molar-refractivity contribution is 5.94. The third kappa shape index (κ3) is 4.29. The van der Waals surface area contributed by atoms with Crippen LogP contribution in [0.15, 0.2) is 12.3 Å². The summed E-state index contributed by atoms with van der Waals surface area (Å²) in [6.07, 6.45) is 6.16. The van der Waals surface area contributed by atoms with Crippen molar-refractivity contribution in [1.29, 1.82) is 0 Å². The number of nitrogens with zero attached hydrogens (tertiary/aromatic N) is 2. The average Bonchev–Trinajstić information content (AvgIpc) is 2.80. The van der Waals surface area contributed by atoms with Crippen LogP contribution in [0.4, 0.5) is 5.69 Å². The zero-order valence-corrected chi connectivity index (χ0v) is 13.4. The van der Waals surface area contributed by atoms with E-state index in [4.69, 9.17) is 5.73 Å². The van der Waals surface area contributed by atoms with Gasteiger partial charge in [0.05, 0.1) is 5.69 Å². The number of rotatable bonds is 8. The quantitative estimate of drug-likeness (QED) is 0.789. The van der Waals surface area contributed by atoms with Crippen LogP contribution in [0.5, 0.6) is 0 Å².